The zero-order valence-corrected chi connectivity index (χ0v) is 20.0. The number of aliphatic hydroxyl groups is 4. The summed E-state index contributed by atoms with van der Waals surface area (Å²) < 4.78 is 17.7. The molecule has 13 nitrogen and oxygen atoms in total. The van der Waals surface area contributed by atoms with Crippen molar-refractivity contribution in [1.82, 2.24) is 5.32 Å². The molecule has 0 radical (unpaired) electrons. The van der Waals surface area contributed by atoms with Crippen molar-refractivity contribution >= 4 is 5.91 Å². The highest BCUT2D eigenvalue weighted by molar-refractivity contribution is 5.79. The number of hydrogen-bond acceptors (Lipinski definition) is 12. The van der Waals surface area contributed by atoms with Gasteiger partial charge in [0.05, 0.1) is 18.2 Å². The molecule has 38 heavy (non-hydrogen) atoms. The third kappa shape index (κ3) is 4.57. The molecule has 0 aromatic heterocycles. The van der Waals surface area contributed by atoms with E-state index in [1.54, 1.807) is 0 Å². The Labute approximate surface area is 216 Å². The summed E-state index contributed by atoms with van der Waals surface area (Å²) in [5.74, 6) is -1.57. The van der Waals surface area contributed by atoms with Crippen molar-refractivity contribution in [3.05, 3.63) is 41.0 Å². The molecule has 13 heteroatoms. The lowest BCUT2D eigenvalue weighted by Gasteiger charge is -2.43. The van der Waals surface area contributed by atoms with Crippen LogP contribution >= 0.6 is 0 Å². The zero-order valence-electron chi connectivity index (χ0n) is 20.0. The standard InChI is InChI=1S/C25H29NO12/c27-8-17-20(33)21(34)22(35)25(37-17)36-16-6-10-13(29)7-15(31)19(11-2-4-18(32)26-11)24(10)38-23(16)9-1-3-12(28)14(30)5-9/h1,3,5,7,11,16-17,20-23,25,27-31,33-35H,2,4,6,8H2,(H,26,32)/t11?,16-,17-,20-,21?,22?,23-,25-/m1/s1. The smallest absolute Gasteiger partial charge is 0.220 e. The fourth-order valence-electron chi connectivity index (χ4n) is 5.17. The SMILES string of the molecule is O=C1CCC(c2c(O)cc(O)c3c2O[C@H](c2ccc(O)c(O)c2)[C@H](O[C@@H]2O[C@H](CO)[C@@H](O)C(O)C2O)C3)N1. The molecule has 3 heterocycles. The second kappa shape index (κ2) is 10.1. The van der Waals surface area contributed by atoms with Gasteiger partial charge in [0.2, 0.25) is 5.91 Å². The summed E-state index contributed by atoms with van der Waals surface area (Å²) in [4.78, 5) is 11.9. The molecule has 2 saturated heterocycles. The monoisotopic (exact) mass is 535 g/mol. The summed E-state index contributed by atoms with van der Waals surface area (Å²) in [6.07, 6.45) is -9.33. The zero-order chi connectivity index (χ0) is 27.3. The molecule has 1 amide bonds. The molecule has 206 valence electrons. The number of rotatable bonds is 5. The normalized spacial score (nSPS) is 32.9. The van der Waals surface area contributed by atoms with Gasteiger partial charge in [-0.2, -0.15) is 0 Å². The summed E-state index contributed by atoms with van der Waals surface area (Å²) >= 11 is 0. The van der Waals surface area contributed by atoms with Crippen LogP contribution in [0.2, 0.25) is 0 Å². The van der Waals surface area contributed by atoms with Gasteiger partial charge < -0.3 is 60.4 Å². The molecule has 2 aromatic carbocycles. The number of nitrogens with one attached hydrogen (secondary N) is 1. The highest BCUT2D eigenvalue weighted by Gasteiger charge is 2.47. The van der Waals surface area contributed by atoms with E-state index in [1.165, 1.54) is 18.2 Å². The first kappa shape index (κ1) is 26.3. The van der Waals surface area contributed by atoms with Crippen LogP contribution in [0.15, 0.2) is 24.3 Å². The van der Waals surface area contributed by atoms with E-state index in [2.05, 4.69) is 5.32 Å². The lowest BCUT2D eigenvalue weighted by molar-refractivity contribution is -0.317. The Morgan fingerprint density at radius 1 is 0.947 bits per heavy atom. The molecule has 3 aliphatic heterocycles. The van der Waals surface area contributed by atoms with Gasteiger partial charge in [0.25, 0.3) is 0 Å². The Bertz CT molecular complexity index is 1220. The Kier molecular flexibility index (Phi) is 6.98. The largest absolute Gasteiger partial charge is 0.507 e. The van der Waals surface area contributed by atoms with Crippen molar-refractivity contribution in [2.24, 2.45) is 0 Å². The Morgan fingerprint density at radius 2 is 1.71 bits per heavy atom. The van der Waals surface area contributed by atoms with E-state index in [1.807, 2.05) is 0 Å². The molecule has 3 unspecified atom stereocenters. The van der Waals surface area contributed by atoms with Gasteiger partial charge in [0.1, 0.15) is 47.8 Å². The number of ether oxygens (including phenoxy) is 3. The first-order valence-corrected chi connectivity index (χ1v) is 12.1. The Hall–Kier alpha value is -3.33. The first-order chi connectivity index (χ1) is 18.1. The molecule has 2 aromatic rings. The minimum absolute atomic E-state index is 0.0730. The second-order valence-electron chi connectivity index (χ2n) is 9.66. The highest BCUT2D eigenvalue weighted by Crippen LogP contribution is 2.50. The molecule has 9 N–H and O–H groups in total. The van der Waals surface area contributed by atoms with E-state index in [0.29, 0.717) is 12.0 Å². The molecule has 0 bridgehead atoms. The van der Waals surface area contributed by atoms with Crippen LogP contribution in [0.25, 0.3) is 0 Å². The highest BCUT2D eigenvalue weighted by atomic mass is 16.7. The fourth-order valence-corrected chi connectivity index (χ4v) is 5.17. The van der Waals surface area contributed by atoms with Crippen LogP contribution in [0.4, 0.5) is 0 Å². The summed E-state index contributed by atoms with van der Waals surface area (Å²) in [5, 5.41) is 84.4. The Balaban J connectivity index is 1.55. The minimum atomic E-state index is -1.71. The summed E-state index contributed by atoms with van der Waals surface area (Å²) in [6, 6.07) is 4.45. The van der Waals surface area contributed by atoms with Crippen LogP contribution in [-0.2, 0) is 20.7 Å². The molecule has 0 saturated carbocycles. The maximum absolute atomic E-state index is 11.9. The number of hydrogen-bond donors (Lipinski definition) is 9. The minimum Gasteiger partial charge on any atom is -0.507 e. The van der Waals surface area contributed by atoms with Crippen LogP contribution in [0.5, 0.6) is 28.7 Å². The maximum atomic E-state index is 11.9. The van der Waals surface area contributed by atoms with E-state index in [-0.39, 0.29) is 52.9 Å². The van der Waals surface area contributed by atoms with Crippen molar-refractivity contribution in [2.75, 3.05) is 6.61 Å². The predicted molar refractivity (Wildman–Crippen MR) is 125 cm³/mol. The van der Waals surface area contributed by atoms with Gasteiger partial charge in [-0.1, -0.05) is 6.07 Å². The van der Waals surface area contributed by atoms with Gasteiger partial charge >= 0.3 is 0 Å². The summed E-state index contributed by atoms with van der Waals surface area (Å²) in [6.45, 7) is -0.666. The number of amides is 1. The second-order valence-corrected chi connectivity index (χ2v) is 9.66. The van der Waals surface area contributed by atoms with Gasteiger partial charge in [0.15, 0.2) is 23.9 Å². The van der Waals surface area contributed by atoms with Crippen molar-refractivity contribution in [1.29, 1.82) is 0 Å². The molecular weight excluding hydrogens is 506 g/mol. The number of carbonyl (C=O) groups excluding carboxylic acids is 1. The lowest BCUT2D eigenvalue weighted by Crippen LogP contribution is -2.60. The number of benzene rings is 2. The van der Waals surface area contributed by atoms with E-state index in [9.17, 15) is 45.6 Å². The van der Waals surface area contributed by atoms with Crippen molar-refractivity contribution in [2.45, 2.75) is 68.2 Å². The quantitative estimate of drug-likeness (QED) is 0.218. The first-order valence-electron chi connectivity index (χ1n) is 12.1. The molecule has 0 spiro atoms. The number of carbonyl (C=O) groups is 1. The maximum Gasteiger partial charge on any atom is 0.220 e. The number of phenols is 4. The molecule has 3 aliphatic rings. The third-order valence-electron chi connectivity index (χ3n) is 7.19. The van der Waals surface area contributed by atoms with Crippen molar-refractivity contribution in [3.8, 4) is 28.7 Å². The molecule has 5 rings (SSSR count). The summed E-state index contributed by atoms with van der Waals surface area (Å²) in [7, 11) is 0. The van der Waals surface area contributed by atoms with E-state index in [4.69, 9.17) is 14.2 Å². The molecular formula is C25H29NO12. The number of fused-ring (bicyclic) bond motifs is 1. The molecule has 0 aliphatic carbocycles. The third-order valence-corrected chi connectivity index (χ3v) is 7.19. The van der Waals surface area contributed by atoms with Crippen LogP contribution in [-0.4, -0.2) is 90.2 Å². The van der Waals surface area contributed by atoms with Crippen molar-refractivity contribution in [3.63, 3.8) is 0 Å². The Morgan fingerprint density at radius 3 is 2.37 bits per heavy atom. The van der Waals surface area contributed by atoms with Crippen LogP contribution in [0.1, 0.15) is 41.7 Å². The van der Waals surface area contributed by atoms with Gasteiger partial charge in [-0.15, -0.1) is 0 Å². The van der Waals surface area contributed by atoms with Gasteiger partial charge in [-0.25, -0.2) is 0 Å². The number of phenolic OH excluding ortho intramolecular Hbond substituents is 4. The number of aromatic hydroxyl groups is 4. The van der Waals surface area contributed by atoms with Crippen LogP contribution in [0, 0.1) is 0 Å². The number of aliphatic hydroxyl groups excluding tert-OH is 4. The van der Waals surface area contributed by atoms with Gasteiger partial charge in [0, 0.05) is 24.5 Å². The summed E-state index contributed by atoms with van der Waals surface area (Å²) in [5.41, 5.74) is 0.792. The lowest BCUT2D eigenvalue weighted by atomic mass is 9.89. The van der Waals surface area contributed by atoms with Crippen LogP contribution in [0.3, 0.4) is 0 Å². The van der Waals surface area contributed by atoms with E-state index in [0.717, 1.165) is 6.07 Å². The molecule has 2 fully saturated rings. The topological polar surface area (TPSA) is 219 Å². The average molecular weight is 536 g/mol. The predicted octanol–water partition coefficient (Wildman–Crippen LogP) is -0.679. The fraction of sp³-hybridized carbons (Fsp3) is 0.480. The van der Waals surface area contributed by atoms with Crippen LogP contribution < -0.4 is 10.1 Å². The van der Waals surface area contributed by atoms with E-state index < -0.39 is 61.3 Å². The van der Waals surface area contributed by atoms with Crippen molar-refractivity contribution < 1.29 is 59.9 Å². The van der Waals surface area contributed by atoms with Gasteiger partial charge in [-0.05, 0) is 24.1 Å². The van der Waals surface area contributed by atoms with E-state index >= 15 is 0 Å². The average Bonchev–Trinajstić information content (AvgIpc) is 3.31. The molecule has 8 atom stereocenters. The van der Waals surface area contributed by atoms with Gasteiger partial charge in [-0.3, -0.25) is 4.79 Å².